The molecule has 0 fully saturated rings. The molecule has 148 valence electrons. The third-order valence-electron chi connectivity index (χ3n) is 6.29. The van der Waals surface area contributed by atoms with Gasteiger partial charge in [-0.2, -0.15) is 0 Å². The van der Waals surface area contributed by atoms with Gasteiger partial charge in [0.05, 0.1) is 5.56 Å². The number of hydrogen-bond acceptors (Lipinski definition) is 2. The summed E-state index contributed by atoms with van der Waals surface area (Å²) in [5, 5.41) is 9.53. The molecule has 1 aliphatic carbocycles. The summed E-state index contributed by atoms with van der Waals surface area (Å²) in [4.78, 5) is 25.1. The van der Waals surface area contributed by atoms with Crippen LogP contribution in [0.1, 0.15) is 103 Å². The van der Waals surface area contributed by atoms with Crippen molar-refractivity contribution in [2.24, 2.45) is 0 Å². The van der Waals surface area contributed by atoms with E-state index in [1.54, 1.807) is 18.2 Å². The van der Waals surface area contributed by atoms with Gasteiger partial charge in [0, 0.05) is 11.1 Å². The van der Waals surface area contributed by atoms with Crippen LogP contribution in [0.2, 0.25) is 0 Å². The van der Waals surface area contributed by atoms with Crippen molar-refractivity contribution >= 4 is 11.8 Å². The largest absolute Gasteiger partial charge is 0.478 e. The number of benzene rings is 2. The number of ketones is 1. The van der Waals surface area contributed by atoms with Gasteiger partial charge >= 0.3 is 5.97 Å². The van der Waals surface area contributed by atoms with Crippen molar-refractivity contribution in [3.8, 4) is 0 Å². The lowest BCUT2D eigenvalue weighted by Gasteiger charge is -2.42. The Kier molecular flexibility index (Phi) is 4.99. The molecule has 3 heteroatoms. The monoisotopic (exact) mass is 378 g/mol. The molecule has 0 spiro atoms. The van der Waals surface area contributed by atoms with Crippen molar-refractivity contribution in [2.45, 2.75) is 71.1 Å². The molecule has 3 nitrogen and oxygen atoms in total. The lowest BCUT2D eigenvalue weighted by atomic mass is 9.62. The number of carbonyl (C=O) groups excluding carboxylic acids is 1. The van der Waals surface area contributed by atoms with E-state index in [-0.39, 0.29) is 33.7 Å². The van der Waals surface area contributed by atoms with Gasteiger partial charge in [0.15, 0.2) is 5.78 Å². The van der Waals surface area contributed by atoms with Crippen LogP contribution < -0.4 is 0 Å². The van der Waals surface area contributed by atoms with Gasteiger partial charge < -0.3 is 5.11 Å². The maximum atomic E-state index is 13.5. The zero-order valence-electron chi connectivity index (χ0n) is 17.7. The van der Waals surface area contributed by atoms with Crippen molar-refractivity contribution in [1.82, 2.24) is 0 Å². The lowest BCUT2D eigenvalue weighted by Crippen LogP contribution is -2.34. The van der Waals surface area contributed by atoms with Crippen molar-refractivity contribution < 1.29 is 14.7 Å². The predicted octanol–water partition coefficient (Wildman–Crippen LogP) is 6.09. The highest BCUT2D eigenvalue weighted by Crippen LogP contribution is 2.47. The second-order valence-corrected chi connectivity index (χ2v) is 9.59. The van der Waals surface area contributed by atoms with E-state index in [1.807, 2.05) is 6.07 Å². The molecule has 0 amide bonds. The molecule has 3 rings (SSSR count). The Labute approximate surface area is 167 Å². The third kappa shape index (κ3) is 3.39. The molecule has 0 aromatic heterocycles. The van der Waals surface area contributed by atoms with Crippen molar-refractivity contribution in [3.63, 3.8) is 0 Å². The summed E-state index contributed by atoms with van der Waals surface area (Å²) in [5.74, 6) is -1.11. The van der Waals surface area contributed by atoms with E-state index in [0.717, 1.165) is 18.4 Å². The van der Waals surface area contributed by atoms with Crippen molar-refractivity contribution in [3.05, 3.63) is 69.8 Å². The maximum Gasteiger partial charge on any atom is 0.336 e. The Morgan fingerprint density at radius 3 is 1.86 bits per heavy atom. The Hall–Kier alpha value is -2.42. The summed E-state index contributed by atoms with van der Waals surface area (Å²) in [7, 11) is 0. The molecule has 0 saturated carbocycles. The number of aromatic carboxylic acids is 1. The van der Waals surface area contributed by atoms with Crippen molar-refractivity contribution in [1.29, 1.82) is 0 Å². The molecule has 2 aromatic carbocycles. The molecule has 0 saturated heterocycles. The number of carboxylic acid groups (broad SMARTS) is 1. The fourth-order valence-corrected chi connectivity index (χ4v) is 4.32. The summed E-state index contributed by atoms with van der Waals surface area (Å²) < 4.78 is 0. The summed E-state index contributed by atoms with van der Waals surface area (Å²) in [6.45, 7) is 13.2. The highest BCUT2D eigenvalue weighted by Gasteiger charge is 2.38. The molecule has 1 aliphatic rings. The lowest BCUT2D eigenvalue weighted by molar-refractivity contribution is 0.0692. The normalized spacial score (nSPS) is 17.2. The van der Waals surface area contributed by atoms with E-state index in [0.29, 0.717) is 5.56 Å². The Morgan fingerprint density at radius 1 is 0.857 bits per heavy atom. The van der Waals surface area contributed by atoms with E-state index in [4.69, 9.17) is 0 Å². The van der Waals surface area contributed by atoms with Gasteiger partial charge in [-0.05, 0) is 58.4 Å². The van der Waals surface area contributed by atoms with Crippen LogP contribution in [0.5, 0.6) is 0 Å². The fraction of sp³-hybridized carbons (Fsp3) is 0.440. The third-order valence-corrected chi connectivity index (χ3v) is 6.29. The van der Waals surface area contributed by atoms with Crippen LogP contribution in [-0.4, -0.2) is 16.9 Å². The zero-order chi connectivity index (χ0) is 20.9. The first kappa shape index (κ1) is 20.3. The molecule has 0 heterocycles. The molecule has 0 aliphatic heterocycles. The van der Waals surface area contributed by atoms with E-state index in [9.17, 15) is 14.7 Å². The first-order valence-corrected chi connectivity index (χ1v) is 10.0. The average Bonchev–Trinajstić information content (AvgIpc) is 2.64. The average molecular weight is 379 g/mol. The molecular weight excluding hydrogens is 348 g/mol. The van der Waals surface area contributed by atoms with Gasteiger partial charge in [-0.3, -0.25) is 4.79 Å². The molecule has 2 aromatic rings. The number of fused-ring (bicyclic) bond motifs is 1. The highest BCUT2D eigenvalue weighted by molar-refractivity contribution is 6.15. The molecule has 0 radical (unpaired) electrons. The van der Waals surface area contributed by atoms with Gasteiger partial charge in [-0.25, -0.2) is 4.79 Å². The summed E-state index contributed by atoms with van der Waals surface area (Å²) in [6, 6.07) is 10.7. The number of hydrogen-bond donors (Lipinski definition) is 1. The Balaban J connectivity index is 2.28. The van der Waals surface area contributed by atoms with Crippen LogP contribution in [0.4, 0.5) is 0 Å². The van der Waals surface area contributed by atoms with Crippen LogP contribution in [0.3, 0.4) is 0 Å². The van der Waals surface area contributed by atoms with E-state index in [2.05, 4.69) is 47.6 Å². The Bertz CT molecular complexity index is 948. The van der Waals surface area contributed by atoms with Gasteiger partial charge in [-0.15, -0.1) is 0 Å². The SMILES string of the molecule is CC(C)c1cc2c(cc1C(=O)c1ccccc1C(=O)O)C(C)(C)CCC2(C)C. The summed E-state index contributed by atoms with van der Waals surface area (Å²) in [6.07, 6.45) is 2.17. The molecule has 1 N–H and O–H groups in total. The van der Waals surface area contributed by atoms with Crippen LogP contribution in [-0.2, 0) is 10.8 Å². The zero-order valence-corrected chi connectivity index (χ0v) is 17.7. The minimum absolute atomic E-state index is 0.0122. The van der Waals surface area contributed by atoms with Crippen molar-refractivity contribution in [2.75, 3.05) is 0 Å². The number of carboxylic acids is 1. The minimum Gasteiger partial charge on any atom is -0.478 e. The van der Waals surface area contributed by atoms with Crippen LogP contribution in [0.15, 0.2) is 36.4 Å². The molecule has 0 atom stereocenters. The quantitative estimate of drug-likeness (QED) is 0.655. The van der Waals surface area contributed by atoms with E-state index < -0.39 is 5.97 Å². The molecule has 0 unspecified atom stereocenters. The predicted molar refractivity (Wildman–Crippen MR) is 113 cm³/mol. The topological polar surface area (TPSA) is 54.4 Å². The minimum atomic E-state index is -1.07. The van der Waals surface area contributed by atoms with Crippen LogP contribution in [0.25, 0.3) is 0 Å². The molecule has 0 bridgehead atoms. The van der Waals surface area contributed by atoms with Crippen LogP contribution >= 0.6 is 0 Å². The van der Waals surface area contributed by atoms with Gasteiger partial charge in [0.1, 0.15) is 0 Å². The Morgan fingerprint density at radius 2 is 1.36 bits per heavy atom. The number of carbonyl (C=O) groups is 2. The summed E-state index contributed by atoms with van der Waals surface area (Å²) >= 11 is 0. The highest BCUT2D eigenvalue weighted by atomic mass is 16.4. The summed E-state index contributed by atoms with van der Waals surface area (Å²) in [5.41, 5.74) is 4.52. The fourth-order valence-electron chi connectivity index (χ4n) is 4.32. The smallest absolute Gasteiger partial charge is 0.336 e. The standard InChI is InChI=1S/C25H30O3/c1-15(2)18-13-20-21(25(5,6)12-11-24(20,3)4)14-19(18)22(26)16-9-7-8-10-17(16)23(27)28/h7-10,13-15H,11-12H2,1-6H3,(H,27,28). The van der Waals surface area contributed by atoms with Gasteiger partial charge in [0.2, 0.25) is 0 Å². The maximum absolute atomic E-state index is 13.5. The molecule has 28 heavy (non-hydrogen) atoms. The van der Waals surface area contributed by atoms with Gasteiger partial charge in [-0.1, -0.05) is 65.8 Å². The first-order valence-electron chi connectivity index (χ1n) is 10.0. The second-order valence-electron chi connectivity index (χ2n) is 9.59. The second kappa shape index (κ2) is 6.88. The molecular formula is C25H30O3. The van der Waals surface area contributed by atoms with E-state index in [1.165, 1.54) is 17.2 Å². The van der Waals surface area contributed by atoms with Gasteiger partial charge in [0.25, 0.3) is 0 Å². The first-order chi connectivity index (χ1) is 13.0. The van der Waals surface area contributed by atoms with E-state index >= 15 is 0 Å². The number of rotatable bonds is 4. The van der Waals surface area contributed by atoms with Crippen LogP contribution in [0, 0.1) is 0 Å².